The Hall–Kier alpha value is -1.31. The topological polar surface area (TPSA) is 20.3 Å². The van der Waals surface area contributed by atoms with Crippen LogP contribution in [0.3, 0.4) is 0 Å². The van der Waals surface area contributed by atoms with E-state index in [0.29, 0.717) is 17.8 Å². The second kappa shape index (κ2) is 8.21. The highest BCUT2D eigenvalue weighted by atomic mass is 16.2. The number of amides is 1. The van der Waals surface area contributed by atoms with Crippen molar-refractivity contribution in [2.75, 3.05) is 13.1 Å². The maximum absolute atomic E-state index is 12.3. The summed E-state index contributed by atoms with van der Waals surface area (Å²) in [6, 6.07) is 8.27. The smallest absolute Gasteiger partial charge is 0.253 e. The summed E-state index contributed by atoms with van der Waals surface area (Å²) in [6.07, 6.45) is 1.20. The highest BCUT2D eigenvalue weighted by Gasteiger charge is 2.18. The summed E-state index contributed by atoms with van der Waals surface area (Å²) in [7, 11) is 0. The molecule has 0 aliphatic heterocycles. The number of nitrogens with zero attached hydrogens (tertiary/aromatic N) is 1. The van der Waals surface area contributed by atoms with Crippen molar-refractivity contribution in [2.24, 2.45) is 11.8 Å². The number of carbonyl (C=O) groups excluding carboxylic acids is 1. The van der Waals surface area contributed by atoms with Crippen molar-refractivity contribution < 1.29 is 4.79 Å². The normalized spacial score (nSPS) is 12.8. The lowest BCUT2D eigenvalue weighted by Crippen LogP contribution is -2.30. The second-order valence-electron chi connectivity index (χ2n) is 6.58. The molecule has 2 heteroatoms. The molecule has 1 rings (SSSR count). The van der Waals surface area contributed by atoms with Crippen LogP contribution >= 0.6 is 0 Å². The van der Waals surface area contributed by atoms with E-state index in [1.165, 1.54) is 12.0 Å². The standard InChI is InChI=1S/C19H31NO/c1-7-20(8-2)19(21)17-11-9-16(10-12-17)18(15(5)6)13-14(3)4/h9-12,14-15,18H,7-8,13H2,1-6H3. The molecule has 0 bridgehead atoms. The van der Waals surface area contributed by atoms with Crippen LogP contribution in [0.15, 0.2) is 24.3 Å². The van der Waals surface area contributed by atoms with E-state index in [0.717, 1.165) is 18.7 Å². The lowest BCUT2D eigenvalue weighted by molar-refractivity contribution is 0.0773. The van der Waals surface area contributed by atoms with Gasteiger partial charge in [0.05, 0.1) is 0 Å². The Labute approximate surface area is 130 Å². The monoisotopic (exact) mass is 289 g/mol. The Morgan fingerprint density at radius 1 is 1.00 bits per heavy atom. The molecular weight excluding hydrogens is 258 g/mol. The molecular formula is C19H31NO. The second-order valence-corrected chi connectivity index (χ2v) is 6.58. The van der Waals surface area contributed by atoms with Gasteiger partial charge in [0.15, 0.2) is 0 Å². The molecule has 118 valence electrons. The summed E-state index contributed by atoms with van der Waals surface area (Å²) >= 11 is 0. The molecule has 0 aliphatic rings. The first kappa shape index (κ1) is 17.7. The summed E-state index contributed by atoms with van der Waals surface area (Å²) in [5.41, 5.74) is 2.16. The van der Waals surface area contributed by atoms with Crippen LogP contribution in [0.5, 0.6) is 0 Å². The van der Waals surface area contributed by atoms with Gasteiger partial charge in [0.2, 0.25) is 0 Å². The first-order chi connectivity index (χ1) is 9.90. The van der Waals surface area contributed by atoms with E-state index in [1.807, 2.05) is 30.9 Å². The molecule has 0 aliphatic carbocycles. The third kappa shape index (κ3) is 4.87. The van der Waals surface area contributed by atoms with Gasteiger partial charge in [-0.15, -0.1) is 0 Å². The maximum atomic E-state index is 12.3. The first-order valence-electron chi connectivity index (χ1n) is 8.29. The molecule has 1 amide bonds. The van der Waals surface area contributed by atoms with Crippen molar-refractivity contribution in [3.8, 4) is 0 Å². The van der Waals surface area contributed by atoms with Gasteiger partial charge in [0.25, 0.3) is 5.91 Å². The zero-order valence-corrected chi connectivity index (χ0v) is 14.5. The Morgan fingerprint density at radius 3 is 1.90 bits per heavy atom. The van der Waals surface area contributed by atoms with Gasteiger partial charge in [0.1, 0.15) is 0 Å². The molecule has 0 spiro atoms. The minimum absolute atomic E-state index is 0.136. The van der Waals surface area contributed by atoms with Crippen molar-refractivity contribution in [3.05, 3.63) is 35.4 Å². The van der Waals surface area contributed by atoms with Crippen LogP contribution in [-0.2, 0) is 0 Å². The van der Waals surface area contributed by atoms with Gasteiger partial charge in [-0.1, -0.05) is 39.8 Å². The molecule has 0 saturated heterocycles. The number of hydrogen-bond donors (Lipinski definition) is 0. The average Bonchev–Trinajstić information content (AvgIpc) is 2.45. The minimum Gasteiger partial charge on any atom is -0.339 e. The summed E-state index contributed by atoms with van der Waals surface area (Å²) in [5.74, 6) is 2.02. The van der Waals surface area contributed by atoms with Crippen LogP contribution in [-0.4, -0.2) is 23.9 Å². The van der Waals surface area contributed by atoms with Crippen molar-refractivity contribution >= 4 is 5.91 Å². The highest BCUT2D eigenvalue weighted by Crippen LogP contribution is 2.31. The van der Waals surface area contributed by atoms with Gasteiger partial charge in [-0.25, -0.2) is 0 Å². The third-order valence-corrected chi connectivity index (χ3v) is 4.17. The Kier molecular flexibility index (Phi) is 6.94. The molecule has 0 radical (unpaired) electrons. The molecule has 0 saturated carbocycles. The van der Waals surface area contributed by atoms with Gasteiger partial charge in [-0.05, 0) is 55.7 Å². The largest absolute Gasteiger partial charge is 0.339 e. The molecule has 2 nitrogen and oxygen atoms in total. The number of carbonyl (C=O) groups is 1. The lowest BCUT2D eigenvalue weighted by Gasteiger charge is -2.24. The Morgan fingerprint density at radius 2 is 1.52 bits per heavy atom. The lowest BCUT2D eigenvalue weighted by atomic mass is 9.82. The zero-order valence-electron chi connectivity index (χ0n) is 14.5. The maximum Gasteiger partial charge on any atom is 0.253 e. The van der Waals surface area contributed by atoms with Crippen LogP contribution in [0.25, 0.3) is 0 Å². The van der Waals surface area contributed by atoms with Gasteiger partial charge in [-0.3, -0.25) is 4.79 Å². The number of hydrogen-bond acceptors (Lipinski definition) is 1. The average molecular weight is 289 g/mol. The molecule has 0 fully saturated rings. The van der Waals surface area contributed by atoms with E-state index < -0.39 is 0 Å². The minimum atomic E-state index is 0.136. The Balaban J connectivity index is 2.92. The molecule has 0 aromatic heterocycles. The molecule has 1 atom stereocenters. The van der Waals surface area contributed by atoms with Gasteiger partial charge >= 0.3 is 0 Å². The molecule has 0 heterocycles. The molecule has 1 aromatic rings. The predicted octanol–water partition coefficient (Wildman–Crippen LogP) is 4.95. The zero-order chi connectivity index (χ0) is 16.0. The fourth-order valence-electron chi connectivity index (χ4n) is 2.87. The predicted molar refractivity (Wildman–Crippen MR) is 90.7 cm³/mol. The summed E-state index contributed by atoms with van der Waals surface area (Å²) in [6.45, 7) is 14.7. The van der Waals surface area contributed by atoms with E-state index in [-0.39, 0.29) is 5.91 Å². The van der Waals surface area contributed by atoms with Crippen LogP contribution in [0.2, 0.25) is 0 Å². The molecule has 1 aromatic carbocycles. The molecule has 1 unspecified atom stereocenters. The summed E-state index contributed by atoms with van der Waals surface area (Å²) in [5, 5.41) is 0. The summed E-state index contributed by atoms with van der Waals surface area (Å²) in [4.78, 5) is 14.2. The van der Waals surface area contributed by atoms with Crippen LogP contribution in [0, 0.1) is 11.8 Å². The van der Waals surface area contributed by atoms with E-state index in [4.69, 9.17) is 0 Å². The van der Waals surface area contributed by atoms with Crippen LogP contribution < -0.4 is 0 Å². The highest BCUT2D eigenvalue weighted by molar-refractivity contribution is 5.94. The van der Waals surface area contributed by atoms with Crippen molar-refractivity contribution in [1.82, 2.24) is 4.90 Å². The number of benzene rings is 1. The van der Waals surface area contributed by atoms with Crippen LogP contribution in [0.1, 0.15) is 69.8 Å². The van der Waals surface area contributed by atoms with E-state index in [1.54, 1.807) is 0 Å². The van der Waals surface area contributed by atoms with Crippen molar-refractivity contribution in [3.63, 3.8) is 0 Å². The van der Waals surface area contributed by atoms with Crippen LogP contribution in [0.4, 0.5) is 0 Å². The van der Waals surface area contributed by atoms with E-state index in [9.17, 15) is 4.79 Å². The Bertz CT molecular complexity index is 429. The first-order valence-corrected chi connectivity index (χ1v) is 8.29. The quantitative estimate of drug-likeness (QED) is 0.695. The van der Waals surface area contributed by atoms with Gasteiger partial charge < -0.3 is 4.90 Å². The van der Waals surface area contributed by atoms with Gasteiger partial charge in [-0.2, -0.15) is 0 Å². The summed E-state index contributed by atoms with van der Waals surface area (Å²) < 4.78 is 0. The third-order valence-electron chi connectivity index (χ3n) is 4.17. The fourth-order valence-corrected chi connectivity index (χ4v) is 2.87. The van der Waals surface area contributed by atoms with Crippen molar-refractivity contribution in [2.45, 2.75) is 53.9 Å². The fraction of sp³-hybridized carbons (Fsp3) is 0.632. The molecule has 21 heavy (non-hydrogen) atoms. The van der Waals surface area contributed by atoms with Crippen molar-refractivity contribution in [1.29, 1.82) is 0 Å². The van der Waals surface area contributed by atoms with Gasteiger partial charge in [0, 0.05) is 18.7 Å². The molecule has 0 N–H and O–H groups in total. The SMILES string of the molecule is CCN(CC)C(=O)c1ccc(C(CC(C)C)C(C)C)cc1. The van der Waals surface area contributed by atoms with E-state index >= 15 is 0 Å². The van der Waals surface area contributed by atoms with E-state index in [2.05, 4.69) is 39.8 Å². The number of rotatable bonds is 7.